The van der Waals surface area contributed by atoms with Crippen molar-refractivity contribution in [3.8, 4) is 0 Å². The van der Waals surface area contributed by atoms with E-state index in [-0.39, 0.29) is 24.4 Å². The summed E-state index contributed by atoms with van der Waals surface area (Å²) < 4.78 is 2.04. The van der Waals surface area contributed by atoms with Crippen molar-refractivity contribution in [3.05, 3.63) is 96.1 Å². The number of imidazole rings is 1. The molecule has 0 bridgehead atoms. The van der Waals surface area contributed by atoms with Crippen molar-refractivity contribution in [2.45, 2.75) is 25.9 Å². The summed E-state index contributed by atoms with van der Waals surface area (Å²) in [5, 5.41) is 3.13. The number of amides is 1. The molecule has 1 atom stereocenters. The van der Waals surface area contributed by atoms with Crippen molar-refractivity contribution in [2.24, 2.45) is 0 Å². The molecule has 0 saturated carbocycles. The minimum absolute atomic E-state index is 0. The van der Waals surface area contributed by atoms with Crippen LogP contribution in [0.1, 0.15) is 41.0 Å². The van der Waals surface area contributed by atoms with Gasteiger partial charge < -0.3 is 9.88 Å². The Morgan fingerprint density at radius 3 is 2.55 bits per heavy atom. The Balaban J connectivity index is 0.00000240. The van der Waals surface area contributed by atoms with Crippen molar-refractivity contribution in [1.29, 1.82) is 0 Å². The molecule has 0 radical (unpaired) electrons. The number of benzene rings is 2. The van der Waals surface area contributed by atoms with Crippen molar-refractivity contribution in [1.82, 2.24) is 19.9 Å². The van der Waals surface area contributed by atoms with Crippen molar-refractivity contribution in [3.63, 3.8) is 0 Å². The molecule has 0 unspecified atom stereocenters. The summed E-state index contributed by atoms with van der Waals surface area (Å²) in [5.41, 5.74) is 4.48. The fourth-order valence-electron chi connectivity index (χ4n) is 3.35. The summed E-state index contributed by atoms with van der Waals surface area (Å²) in [6.07, 6.45) is 4.41. The van der Waals surface area contributed by atoms with Gasteiger partial charge in [-0.2, -0.15) is 0 Å². The molecule has 0 saturated heterocycles. The lowest BCUT2D eigenvalue weighted by Crippen LogP contribution is -2.28. The molecule has 2 aromatic heterocycles. The molecule has 148 valence electrons. The molecular weight excluding hydrogens is 384 g/mol. The van der Waals surface area contributed by atoms with E-state index in [1.165, 1.54) is 0 Å². The number of pyridine rings is 1. The minimum Gasteiger partial charge on any atom is -0.345 e. The van der Waals surface area contributed by atoms with Gasteiger partial charge >= 0.3 is 0 Å². The Morgan fingerprint density at radius 2 is 1.83 bits per heavy atom. The first-order chi connectivity index (χ1) is 13.7. The molecule has 0 fully saturated rings. The lowest BCUT2D eigenvalue weighted by Gasteiger charge is -2.17. The van der Waals surface area contributed by atoms with Gasteiger partial charge in [0.05, 0.1) is 35.6 Å². The maximum atomic E-state index is 12.8. The van der Waals surface area contributed by atoms with Gasteiger partial charge in [-0.05, 0) is 42.3 Å². The molecule has 0 aliphatic rings. The number of nitrogens with zero attached hydrogens (tertiary/aromatic N) is 3. The minimum atomic E-state index is -0.0862. The standard InChI is InChI=1S/C23H22N4O.ClH/c1-2-20(17-8-4-3-5-9-17)26-23(28)18-11-12-22-21(14-18)25-16-27(22)15-19-10-6-7-13-24-19;/h3-14,16,20H,2,15H2,1H3,(H,26,28);1H/t20-;/m1./s1. The topological polar surface area (TPSA) is 59.8 Å². The van der Waals surface area contributed by atoms with Crippen LogP contribution in [0.2, 0.25) is 0 Å². The Morgan fingerprint density at radius 1 is 1.03 bits per heavy atom. The third kappa shape index (κ3) is 4.63. The van der Waals surface area contributed by atoms with Gasteiger partial charge in [0.2, 0.25) is 0 Å². The van der Waals surface area contributed by atoms with E-state index in [2.05, 4.69) is 22.2 Å². The second kappa shape index (κ2) is 9.34. The molecule has 2 aromatic carbocycles. The van der Waals surface area contributed by atoms with Gasteiger partial charge in [-0.25, -0.2) is 4.98 Å². The van der Waals surface area contributed by atoms with Crippen LogP contribution in [0.25, 0.3) is 11.0 Å². The van der Waals surface area contributed by atoms with E-state index in [1.54, 1.807) is 12.5 Å². The number of nitrogens with one attached hydrogen (secondary N) is 1. The highest BCUT2D eigenvalue weighted by atomic mass is 35.5. The lowest BCUT2D eigenvalue weighted by atomic mass is 10.0. The number of rotatable bonds is 6. The van der Waals surface area contributed by atoms with Gasteiger partial charge in [-0.1, -0.05) is 43.3 Å². The van der Waals surface area contributed by atoms with Crippen molar-refractivity contribution < 1.29 is 4.79 Å². The van der Waals surface area contributed by atoms with Gasteiger partial charge in [0.15, 0.2) is 0 Å². The first kappa shape index (κ1) is 20.6. The van der Waals surface area contributed by atoms with Crippen LogP contribution in [0.5, 0.6) is 0 Å². The monoisotopic (exact) mass is 406 g/mol. The normalized spacial score (nSPS) is 11.6. The van der Waals surface area contributed by atoms with Crippen LogP contribution in [0.15, 0.2) is 79.3 Å². The number of hydrogen-bond donors (Lipinski definition) is 1. The highest BCUT2D eigenvalue weighted by molar-refractivity contribution is 5.97. The zero-order valence-corrected chi connectivity index (χ0v) is 17.0. The molecule has 0 spiro atoms. The summed E-state index contributed by atoms with van der Waals surface area (Å²) in [7, 11) is 0. The lowest BCUT2D eigenvalue weighted by molar-refractivity contribution is 0.0935. The van der Waals surface area contributed by atoms with E-state index in [4.69, 9.17) is 0 Å². The van der Waals surface area contributed by atoms with Gasteiger partial charge in [-0.15, -0.1) is 12.4 Å². The van der Waals surface area contributed by atoms with Crippen LogP contribution >= 0.6 is 12.4 Å². The zero-order chi connectivity index (χ0) is 19.3. The molecular formula is C23H23ClN4O. The number of carbonyl (C=O) groups is 1. The molecule has 4 aromatic rings. The average Bonchev–Trinajstić information content (AvgIpc) is 3.15. The van der Waals surface area contributed by atoms with Crippen LogP contribution < -0.4 is 5.32 Å². The summed E-state index contributed by atoms with van der Waals surface area (Å²) in [6, 6.07) is 21.5. The maximum Gasteiger partial charge on any atom is 0.251 e. The fourth-order valence-corrected chi connectivity index (χ4v) is 3.35. The van der Waals surface area contributed by atoms with Gasteiger partial charge in [-0.3, -0.25) is 9.78 Å². The van der Waals surface area contributed by atoms with E-state index in [0.717, 1.165) is 28.7 Å². The Hall–Kier alpha value is -3.18. The van der Waals surface area contributed by atoms with Crippen molar-refractivity contribution >= 4 is 29.3 Å². The zero-order valence-electron chi connectivity index (χ0n) is 16.2. The summed E-state index contributed by atoms with van der Waals surface area (Å²) in [4.78, 5) is 21.6. The fraction of sp³-hybridized carbons (Fsp3) is 0.174. The molecule has 29 heavy (non-hydrogen) atoms. The SMILES string of the molecule is CC[C@@H](NC(=O)c1ccc2c(c1)ncn2Cc1ccccn1)c1ccccc1.Cl. The molecule has 5 nitrogen and oxygen atoms in total. The molecule has 6 heteroatoms. The Bertz CT molecular complexity index is 1080. The predicted molar refractivity (Wildman–Crippen MR) is 117 cm³/mol. The molecule has 1 N–H and O–H groups in total. The molecule has 0 aliphatic heterocycles. The first-order valence-electron chi connectivity index (χ1n) is 9.45. The second-order valence-electron chi connectivity index (χ2n) is 6.74. The number of hydrogen-bond acceptors (Lipinski definition) is 3. The smallest absolute Gasteiger partial charge is 0.251 e. The molecule has 4 rings (SSSR count). The quantitative estimate of drug-likeness (QED) is 0.501. The van der Waals surface area contributed by atoms with Crippen molar-refractivity contribution in [2.75, 3.05) is 0 Å². The van der Waals surface area contributed by atoms with Gasteiger partial charge in [0.25, 0.3) is 5.91 Å². The van der Waals surface area contributed by atoms with Crippen LogP contribution in [-0.4, -0.2) is 20.4 Å². The van der Waals surface area contributed by atoms with Crippen LogP contribution in [-0.2, 0) is 6.54 Å². The maximum absolute atomic E-state index is 12.8. The van der Waals surface area contributed by atoms with E-state index < -0.39 is 0 Å². The number of carbonyl (C=O) groups excluding carboxylic acids is 1. The highest BCUT2D eigenvalue weighted by Crippen LogP contribution is 2.19. The first-order valence-corrected chi connectivity index (χ1v) is 9.45. The second-order valence-corrected chi connectivity index (χ2v) is 6.74. The molecule has 1 amide bonds. The third-order valence-corrected chi connectivity index (χ3v) is 4.86. The van der Waals surface area contributed by atoms with E-state index in [0.29, 0.717) is 12.1 Å². The Kier molecular flexibility index (Phi) is 6.62. The summed E-state index contributed by atoms with van der Waals surface area (Å²) >= 11 is 0. The predicted octanol–water partition coefficient (Wildman–Crippen LogP) is 4.78. The van der Waals surface area contributed by atoms with Crippen LogP contribution in [0.4, 0.5) is 0 Å². The highest BCUT2D eigenvalue weighted by Gasteiger charge is 2.15. The van der Waals surface area contributed by atoms with E-state index >= 15 is 0 Å². The number of fused-ring (bicyclic) bond motifs is 1. The molecule has 2 heterocycles. The van der Waals surface area contributed by atoms with Crippen LogP contribution in [0, 0.1) is 0 Å². The van der Waals surface area contributed by atoms with Crippen LogP contribution in [0.3, 0.4) is 0 Å². The Labute approximate surface area is 176 Å². The van der Waals surface area contributed by atoms with Gasteiger partial charge in [0.1, 0.15) is 0 Å². The molecule has 0 aliphatic carbocycles. The van der Waals surface area contributed by atoms with E-state index in [9.17, 15) is 4.79 Å². The van der Waals surface area contributed by atoms with Gasteiger partial charge in [0, 0.05) is 11.8 Å². The van der Waals surface area contributed by atoms with E-state index in [1.807, 2.05) is 71.3 Å². The third-order valence-electron chi connectivity index (χ3n) is 4.86. The average molecular weight is 407 g/mol. The number of aromatic nitrogens is 3. The summed E-state index contributed by atoms with van der Waals surface area (Å²) in [5.74, 6) is -0.0862. The largest absolute Gasteiger partial charge is 0.345 e. The summed E-state index contributed by atoms with van der Waals surface area (Å²) in [6.45, 7) is 2.72. The number of halogens is 1.